The Labute approximate surface area is 317 Å². The number of fused-ring (bicyclic) bond motifs is 7. The average molecular weight is 706 g/mol. The fourth-order valence-electron chi connectivity index (χ4n) is 8.02. The molecule has 2 heterocycles. The van der Waals surface area contributed by atoms with Crippen molar-refractivity contribution in [3.05, 3.63) is 188 Å². The highest BCUT2D eigenvalue weighted by Crippen LogP contribution is 2.52. The predicted molar refractivity (Wildman–Crippen MR) is 227 cm³/mol. The second kappa shape index (κ2) is 12.4. The lowest BCUT2D eigenvalue weighted by atomic mass is 9.92. The molecule has 0 saturated carbocycles. The summed E-state index contributed by atoms with van der Waals surface area (Å²) in [6.07, 6.45) is 0. The maximum atomic E-state index is 5.31. The molecular formula is C50H31N3S. The molecule has 0 unspecified atom stereocenters. The van der Waals surface area contributed by atoms with E-state index in [9.17, 15) is 0 Å². The van der Waals surface area contributed by atoms with E-state index in [1.165, 1.54) is 58.9 Å². The minimum atomic E-state index is 0.716. The van der Waals surface area contributed by atoms with Crippen LogP contribution in [-0.4, -0.2) is 9.97 Å². The maximum Gasteiger partial charge on any atom is 0.160 e. The second-order valence-corrected chi connectivity index (χ2v) is 14.9. The Balaban J connectivity index is 1.01. The van der Waals surface area contributed by atoms with Crippen molar-refractivity contribution >= 4 is 72.0 Å². The van der Waals surface area contributed by atoms with E-state index in [0.717, 1.165) is 39.1 Å². The van der Waals surface area contributed by atoms with Gasteiger partial charge in [0.05, 0.1) is 22.6 Å². The predicted octanol–water partition coefficient (Wildman–Crippen LogP) is 14.0. The van der Waals surface area contributed by atoms with Crippen molar-refractivity contribution < 1.29 is 0 Å². The van der Waals surface area contributed by atoms with Crippen molar-refractivity contribution in [3.63, 3.8) is 0 Å². The number of anilines is 3. The molecule has 1 aliphatic heterocycles. The normalized spacial score (nSPS) is 12.3. The number of hydrogen-bond acceptors (Lipinski definition) is 4. The third-order valence-corrected chi connectivity index (χ3v) is 11.7. The van der Waals surface area contributed by atoms with Crippen LogP contribution in [0.4, 0.5) is 17.1 Å². The molecular weight excluding hydrogens is 675 g/mol. The van der Waals surface area contributed by atoms with E-state index in [2.05, 4.69) is 193 Å². The summed E-state index contributed by atoms with van der Waals surface area (Å²) < 4.78 is 0. The van der Waals surface area contributed by atoms with Gasteiger partial charge in [0.1, 0.15) is 0 Å². The van der Waals surface area contributed by atoms with Gasteiger partial charge in [-0.05, 0) is 98.0 Å². The number of para-hydroxylation sites is 2. The van der Waals surface area contributed by atoms with Crippen molar-refractivity contribution in [2.45, 2.75) is 9.79 Å². The van der Waals surface area contributed by atoms with Gasteiger partial charge in [0.25, 0.3) is 0 Å². The minimum Gasteiger partial charge on any atom is -0.308 e. The van der Waals surface area contributed by atoms with Crippen LogP contribution in [0, 0.1) is 0 Å². The van der Waals surface area contributed by atoms with Gasteiger partial charge in [-0.25, -0.2) is 9.97 Å². The van der Waals surface area contributed by atoms with E-state index in [1.807, 2.05) is 0 Å². The van der Waals surface area contributed by atoms with Crippen LogP contribution >= 0.6 is 11.8 Å². The van der Waals surface area contributed by atoms with Gasteiger partial charge in [0.2, 0.25) is 0 Å². The standard InChI is InChI=1S/C50H31N3S/c1-2-12-35-29-38(27-25-32(35)11-1)53-45-19-9-10-20-47(45)54-48-31-37(26-28-46(48)53)50-51-44-18-8-7-17-42(44)49(52-50)34-23-21-33(22-24-34)43-30-36-13-3-4-14-39(36)40-15-5-6-16-41(40)43/h1-31H. The van der Waals surface area contributed by atoms with E-state index in [-0.39, 0.29) is 0 Å². The Morgan fingerprint density at radius 1 is 0.389 bits per heavy atom. The van der Waals surface area contributed by atoms with Crippen LogP contribution in [0.5, 0.6) is 0 Å². The fourth-order valence-corrected chi connectivity index (χ4v) is 9.11. The summed E-state index contributed by atoms with van der Waals surface area (Å²) >= 11 is 1.80. The summed E-state index contributed by atoms with van der Waals surface area (Å²) in [4.78, 5) is 15.2. The molecule has 54 heavy (non-hydrogen) atoms. The molecule has 1 aromatic heterocycles. The second-order valence-electron chi connectivity index (χ2n) is 13.8. The summed E-state index contributed by atoms with van der Waals surface area (Å²) in [6, 6.07) is 67.4. The number of nitrogens with zero attached hydrogens (tertiary/aromatic N) is 3. The van der Waals surface area contributed by atoms with Gasteiger partial charge in [-0.2, -0.15) is 0 Å². The quantitative estimate of drug-likeness (QED) is 0.171. The summed E-state index contributed by atoms with van der Waals surface area (Å²) in [7, 11) is 0. The summed E-state index contributed by atoms with van der Waals surface area (Å²) in [5.74, 6) is 0.716. The Morgan fingerprint density at radius 2 is 1.04 bits per heavy atom. The van der Waals surface area contributed by atoms with Gasteiger partial charge in [-0.1, -0.05) is 145 Å². The first kappa shape index (κ1) is 30.8. The van der Waals surface area contributed by atoms with Crippen LogP contribution in [0.15, 0.2) is 198 Å². The monoisotopic (exact) mass is 705 g/mol. The van der Waals surface area contributed by atoms with Crippen molar-refractivity contribution in [2.75, 3.05) is 4.90 Å². The largest absolute Gasteiger partial charge is 0.308 e. The number of rotatable bonds is 4. The third-order valence-electron chi connectivity index (χ3n) is 10.6. The molecule has 0 amide bonds. The lowest BCUT2D eigenvalue weighted by molar-refractivity contribution is 1.16. The molecule has 0 radical (unpaired) electrons. The number of hydrogen-bond donors (Lipinski definition) is 0. The van der Waals surface area contributed by atoms with Crippen LogP contribution in [0.3, 0.4) is 0 Å². The van der Waals surface area contributed by atoms with Crippen LogP contribution in [-0.2, 0) is 0 Å². The summed E-state index contributed by atoms with van der Waals surface area (Å²) in [5.41, 5.74) is 9.79. The highest BCUT2D eigenvalue weighted by molar-refractivity contribution is 7.99. The molecule has 10 aromatic rings. The third kappa shape index (κ3) is 5.07. The fraction of sp³-hybridized carbons (Fsp3) is 0. The topological polar surface area (TPSA) is 29.0 Å². The van der Waals surface area contributed by atoms with Gasteiger partial charge in [-0.3, -0.25) is 0 Å². The first-order valence-corrected chi connectivity index (χ1v) is 19.1. The zero-order chi connectivity index (χ0) is 35.6. The van der Waals surface area contributed by atoms with E-state index in [4.69, 9.17) is 9.97 Å². The highest BCUT2D eigenvalue weighted by Gasteiger charge is 2.26. The zero-order valence-electron chi connectivity index (χ0n) is 29.1. The van der Waals surface area contributed by atoms with Crippen LogP contribution < -0.4 is 4.90 Å². The van der Waals surface area contributed by atoms with E-state index >= 15 is 0 Å². The smallest absolute Gasteiger partial charge is 0.160 e. The van der Waals surface area contributed by atoms with Gasteiger partial charge >= 0.3 is 0 Å². The first-order chi connectivity index (χ1) is 26.7. The van der Waals surface area contributed by atoms with Gasteiger partial charge in [0.15, 0.2) is 5.82 Å². The molecule has 0 spiro atoms. The first-order valence-electron chi connectivity index (χ1n) is 18.2. The lowest BCUT2D eigenvalue weighted by Gasteiger charge is -2.33. The molecule has 4 heteroatoms. The lowest BCUT2D eigenvalue weighted by Crippen LogP contribution is -2.14. The van der Waals surface area contributed by atoms with Crippen molar-refractivity contribution in [2.24, 2.45) is 0 Å². The van der Waals surface area contributed by atoms with E-state index in [0.29, 0.717) is 5.82 Å². The molecule has 0 atom stereocenters. The Kier molecular flexibility index (Phi) is 7.10. The van der Waals surface area contributed by atoms with Crippen molar-refractivity contribution in [1.29, 1.82) is 0 Å². The molecule has 0 N–H and O–H groups in total. The average Bonchev–Trinajstić information content (AvgIpc) is 3.24. The SMILES string of the molecule is c1ccc2c(c1)Sc1cc(-c3nc(-c4ccc(-c5cc6ccccc6c6ccccc56)cc4)c4ccccc4n3)ccc1N2c1ccc2ccccc2c1. The van der Waals surface area contributed by atoms with Gasteiger partial charge in [0, 0.05) is 32.0 Å². The Hall–Kier alpha value is -6.75. The molecule has 1 aliphatic rings. The van der Waals surface area contributed by atoms with Crippen LogP contribution in [0.2, 0.25) is 0 Å². The molecule has 3 nitrogen and oxygen atoms in total. The maximum absolute atomic E-state index is 5.31. The van der Waals surface area contributed by atoms with Gasteiger partial charge in [-0.15, -0.1) is 0 Å². The number of aromatic nitrogens is 2. The van der Waals surface area contributed by atoms with E-state index < -0.39 is 0 Å². The summed E-state index contributed by atoms with van der Waals surface area (Å²) in [5, 5.41) is 8.54. The van der Waals surface area contributed by atoms with Gasteiger partial charge < -0.3 is 4.90 Å². The molecule has 252 valence electrons. The molecule has 11 rings (SSSR count). The molecule has 0 bridgehead atoms. The van der Waals surface area contributed by atoms with Crippen LogP contribution in [0.1, 0.15) is 0 Å². The zero-order valence-corrected chi connectivity index (χ0v) is 30.0. The number of benzene rings is 9. The Morgan fingerprint density at radius 3 is 1.91 bits per heavy atom. The minimum absolute atomic E-state index is 0.716. The molecule has 0 saturated heterocycles. The van der Waals surface area contributed by atoms with Crippen molar-refractivity contribution in [1.82, 2.24) is 9.97 Å². The Bertz CT molecular complexity index is 3100. The highest BCUT2D eigenvalue weighted by atomic mass is 32.2. The van der Waals surface area contributed by atoms with E-state index in [1.54, 1.807) is 11.8 Å². The molecule has 9 aromatic carbocycles. The molecule has 0 aliphatic carbocycles. The van der Waals surface area contributed by atoms with Crippen LogP contribution in [0.25, 0.3) is 77.0 Å². The van der Waals surface area contributed by atoms with Crippen molar-refractivity contribution in [3.8, 4) is 33.8 Å². The molecule has 0 fully saturated rings. The summed E-state index contributed by atoms with van der Waals surface area (Å²) in [6.45, 7) is 0.